The second-order valence-electron chi connectivity index (χ2n) is 10.1. The smallest absolute Gasteiger partial charge is 0.195 e. The van der Waals surface area contributed by atoms with E-state index in [1.54, 1.807) is 0 Å². The van der Waals surface area contributed by atoms with Gasteiger partial charge >= 0.3 is 0 Å². The number of carbonyl (C=O) groups is 1. The Hall–Kier alpha value is -5.41. The van der Waals surface area contributed by atoms with E-state index in [0.717, 1.165) is 33.4 Å². The minimum Gasteiger partial charge on any atom is -0.309 e. The van der Waals surface area contributed by atoms with Crippen molar-refractivity contribution in [2.45, 2.75) is 0 Å². The zero-order valence-corrected chi connectivity index (χ0v) is 21.7. The summed E-state index contributed by atoms with van der Waals surface area (Å²) in [4.78, 5) is 14.3. The lowest BCUT2D eigenvalue weighted by atomic mass is 10.0. The number of benzene rings is 6. The van der Waals surface area contributed by atoms with Crippen LogP contribution >= 0.6 is 0 Å². The van der Waals surface area contributed by atoms with Crippen LogP contribution in [-0.2, 0) is 0 Å². The molecule has 3 heteroatoms. The molecule has 8 rings (SSSR count). The topological polar surface area (TPSA) is 26.9 Å². The number of hydrogen-bond donors (Lipinski definition) is 0. The monoisotopic (exact) mass is 512 g/mol. The molecule has 0 saturated heterocycles. The minimum absolute atomic E-state index is 0.0000736. The Kier molecular flexibility index (Phi) is 4.98. The van der Waals surface area contributed by atoms with E-state index >= 15 is 0 Å². The van der Waals surface area contributed by atoms with Crippen molar-refractivity contribution in [2.75, 3.05) is 0 Å². The quantitative estimate of drug-likeness (QED) is 0.216. The van der Waals surface area contributed by atoms with Crippen LogP contribution in [0.25, 0.3) is 55.0 Å². The SMILES string of the molecule is O=C(c1ccccc1)c1cc(-n2c3ccccc3c3ccccc32)ccc1-n1c2ccccc2c2ccccc21. The first-order chi connectivity index (χ1) is 19.8. The van der Waals surface area contributed by atoms with E-state index in [0.29, 0.717) is 11.1 Å². The largest absolute Gasteiger partial charge is 0.309 e. The molecule has 0 aliphatic heterocycles. The summed E-state index contributed by atoms with van der Waals surface area (Å²) >= 11 is 0. The van der Waals surface area contributed by atoms with E-state index in [9.17, 15) is 4.79 Å². The molecule has 2 heterocycles. The zero-order valence-electron chi connectivity index (χ0n) is 21.7. The molecule has 0 bridgehead atoms. The highest BCUT2D eigenvalue weighted by Gasteiger charge is 2.21. The molecule has 40 heavy (non-hydrogen) atoms. The number of carbonyl (C=O) groups excluding carboxylic acids is 1. The van der Waals surface area contributed by atoms with Crippen LogP contribution in [-0.4, -0.2) is 14.9 Å². The van der Waals surface area contributed by atoms with Crippen molar-refractivity contribution in [3.63, 3.8) is 0 Å². The molecule has 0 N–H and O–H groups in total. The molecule has 0 fully saturated rings. The maximum atomic E-state index is 14.3. The van der Waals surface area contributed by atoms with Crippen molar-refractivity contribution < 1.29 is 4.79 Å². The fourth-order valence-corrected chi connectivity index (χ4v) is 6.17. The van der Waals surface area contributed by atoms with Gasteiger partial charge in [0.2, 0.25) is 0 Å². The van der Waals surface area contributed by atoms with Crippen molar-refractivity contribution in [1.82, 2.24) is 9.13 Å². The van der Waals surface area contributed by atoms with Crippen molar-refractivity contribution >= 4 is 49.4 Å². The standard InChI is InChI=1S/C37H24N2O/c40-37(25-12-2-1-3-13-25)31-24-26(38-32-18-8-4-14-27(32)28-15-5-9-19-33(28)38)22-23-36(31)39-34-20-10-6-16-29(34)30-17-7-11-21-35(30)39/h1-24H. The van der Waals surface area contributed by atoms with Crippen molar-refractivity contribution in [2.24, 2.45) is 0 Å². The first-order valence-corrected chi connectivity index (χ1v) is 13.5. The minimum atomic E-state index is 0.0000736. The van der Waals surface area contributed by atoms with E-state index in [2.05, 4.69) is 124 Å². The Bertz CT molecular complexity index is 2130. The molecule has 0 radical (unpaired) electrons. The molecule has 0 atom stereocenters. The molecule has 6 aromatic carbocycles. The number of para-hydroxylation sites is 4. The van der Waals surface area contributed by atoms with Gasteiger partial charge in [0.1, 0.15) is 0 Å². The molecule has 0 unspecified atom stereocenters. The van der Waals surface area contributed by atoms with E-state index in [1.165, 1.54) is 21.5 Å². The second kappa shape index (κ2) is 8.82. The lowest BCUT2D eigenvalue weighted by Crippen LogP contribution is -2.09. The van der Waals surface area contributed by atoms with Gasteiger partial charge in [-0.1, -0.05) is 103 Å². The number of fused-ring (bicyclic) bond motifs is 6. The molecule has 0 amide bonds. The summed E-state index contributed by atoms with van der Waals surface area (Å²) in [5.74, 6) is 0.0000736. The summed E-state index contributed by atoms with van der Waals surface area (Å²) in [6.07, 6.45) is 0. The van der Waals surface area contributed by atoms with E-state index in [1.807, 2.05) is 30.3 Å². The van der Waals surface area contributed by atoms with Gasteiger partial charge in [-0.15, -0.1) is 0 Å². The zero-order chi connectivity index (χ0) is 26.6. The molecule has 0 spiro atoms. The van der Waals surface area contributed by atoms with Gasteiger partial charge in [0.05, 0.1) is 27.8 Å². The summed E-state index contributed by atoms with van der Waals surface area (Å²) in [7, 11) is 0. The third-order valence-corrected chi connectivity index (χ3v) is 7.92. The van der Waals surface area contributed by atoms with Crippen LogP contribution in [0.15, 0.2) is 146 Å². The van der Waals surface area contributed by atoms with Crippen LogP contribution < -0.4 is 0 Å². The van der Waals surface area contributed by atoms with Gasteiger partial charge in [0.25, 0.3) is 0 Å². The third-order valence-electron chi connectivity index (χ3n) is 7.92. The summed E-state index contributed by atoms with van der Waals surface area (Å²) in [5, 5.41) is 4.73. The maximum absolute atomic E-state index is 14.3. The van der Waals surface area contributed by atoms with Crippen LogP contribution in [0.3, 0.4) is 0 Å². The summed E-state index contributed by atoms with van der Waals surface area (Å²) in [6.45, 7) is 0. The van der Waals surface area contributed by atoms with Crippen molar-refractivity contribution in [3.05, 3.63) is 157 Å². The Morgan fingerprint density at radius 3 is 1.35 bits per heavy atom. The highest BCUT2D eigenvalue weighted by Crippen LogP contribution is 2.36. The van der Waals surface area contributed by atoms with Gasteiger partial charge < -0.3 is 9.13 Å². The summed E-state index contributed by atoms with van der Waals surface area (Å²) in [5.41, 5.74) is 7.56. The normalized spacial score (nSPS) is 11.6. The van der Waals surface area contributed by atoms with Gasteiger partial charge in [-0.25, -0.2) is 0 Å². The number of hydrogen-bond acceptors (Lipinski definition) is 1. The number of rotatable bonds is 4. The average Bonchev–Trinajstić information content (AvgIpc) is 3.54. The van der Waals surface area contributed by atoms with Gasteiger partial charge in [-0.2, -0.15) is 0 Å². The average molecular weight is 513 g/mol. The lowest BCUT2D eigenvalue weighted by molar-refractivity contribution is 0.103. The third kappa shape index (κ3) is 3.28. The van der Waals surface area contributed by atoms with Gasteiger partial charge in [0.15, 0.2) is 5.78 Å². The summed E-state index contributed by atoms with van der Waals surface area (Å²) < 4.78 is 4.50. The molecule has 8 aromatic rings. The highest BCUT2D eigenvalue weighted by molar-refractivity contribution is 6.15. The second-order valence-corrected chi connectivity index (χ2v) is 10.1. The van der Waals surface area contributed by atoms with Gasteiger partial charge in [-0.3, -0.25) is 4.79 Å². The molecular weight excluding hydrogens is 488 g/mol. The first kappa shape index (κ1) is 22.6. The number of nitrogens with zero attached hydrogens (tertiary/aromatic N) is 2. The Morgan fingerprint density at radius 2 is 0.850 bits per heavy atom. The lowest BCUT2D eigenvalue weighted by Gasteiger charge is -2.16. The van der Waals surface area contributed by atoms with Crippen molar-refractivity contribution in [3.8, 4) is 11.4 Å². The summed E-state index contributed by atoms with van der Waals surface area (Å²) in [6, 6.07) is 49.6. The number of aromatic nitrogens is 2. The van der Waals surface area contributed by atoms with E-state index in [4.69, 9.17) is 0 Å². The molecule has 188 valence electrons. The van der Waals surface area contributed by atoms with Crippen LogP contribution in [0, 0.1) is 0 Å². The van der Waals surface area contributed by atoms with Crippen LogP contribution in [0.2, 0.25) is 0 Å². The highest BCUT2D eigenvalue weighted by atomic mass is 16.1. The molecule has 2 aromatic heterocycles. The predicted molar refractivity (Wildman–Crippen MR) is 165 cm³/mol. The first-order valence-electron chi connectivity index (χ1n) is 13.5. The fraction of sp³-hybridized carbons (Fsp3) is 0. The Morgan fingerprint density at radius 1 is 0.425 bits per heavy atom. The molecular formula is C37H24N2O. The molecule has 0 saturated carbocycles. The predicted octanol–water partition coefficient (Wildman–Crippen LogP) is 9.11. The van der Waals surface area contributed by atoms with Gasteiger partial charge in [0, 0.05) is 38.4 Å². The Labute approximate surface area is 231 Å². The van der Waals surface area contributed by atoms with Crippen LogP contribution in [0.1, 0.15) is 15.9 Å². The molecule has 0 aliphatic rings. The Balaban J connectivity index is 1.46. The van der Waals surface area contributed by atoms with Crippen LogP contribution in [0.4, 0.5) is 0 Å². The molecule has 3 nitrogen and oxygen atoms in total. The fourth-order valence-electron chi connectivity index (χ4n) is 6.17. The van der Waals surface area contributed by atoms with Crippen LogP contribution in [0.5, 0.6) is 0 Å². The molecule has 0 aliphatic carbocycles. The maximum Gasteiger partial charge on any atom is 0.195 e. The van der Waals surface area contributed by atoms with Gasteiger partial charge in [-0.05, 0) is 42.5 Å². The van der Waals surface area contributed by atoms with Crippen molar-refractivity contribution in [1.29, 1.82) is 0 Å². The van der Waals surface area contributed by atoms with E-state index < -0.39 is 0 Å². The number of ketones is 1. The van der Waals surface area contributed by atoms with E-state index in [-0.39, 0.29) is 5.78 Å².